The van der Waals surface area contributed by atoms with Gasteiger partial charge in [0.1, 0.15) is 5.78 Å². The summed E-state index contributed by atoms with van der Waals surface area (Å²) in [6.07, 6.45) is 0. The van der Waals surface area contributed by atoms with Crippen molar-refractivity contribution in [3.8, 4) is 0 Å². The molecule has 1 fully saturated rings. The van der Waals surface area contributed by atoms with E-state index in [9.17, 15) is 13.2 Å². The highest BCUT2D eigenvalue weighted by Gasteiger charge is 2.28. The summed E-state index contributed by atoms with van der Waals surface area (Å²) in [6.45, 7) is 3.85. The molecule has 6 nitrogen and oxygen atoms in total. The summed E-state index contributed by atoms with van der Waals surface area (Å²) in [5, 5.41) is 0.497. The van der Waals surface area contributed by atoms with Crippen LogP contribution in [0, 0.1) is 0 Å². The van der Waals surface area contributed by atoms with E-state index in [0.717, 1.165) is 0 Å². The second-order valence-electron chi connectivity index (χ2n) is 7.09. The second-order valence-corrected chi connectivity index (χ2v) is 9.47. The molecule has 0 aromatic heterocycles. The highest BCUT2D eigenvalue weighted by molar-refractivity contribution is 7.89. The van der Waals surface area contributed by atoms with Gasteiger partial charge in [-0.05, 0) is 49.4 Å². The molecule has 0 spiro atoms. The van der Waals surface area contributed by atoms with Gasteiger partial charge < -0.3 is 10.6 Å². The minimum Gasteiger partial charge on any atom is -0.398 e. The number of hydrogen-bond acceptors (Lipinski definition) is 5. The normalized spacial score (nSPS) is 17.4. The van der Waals surface area contributed by atoms with Crippen LogP contribution < -0.4 is 5.73 Å². The fraction of sp³-hybridized carbons (Fsp3) is 0.350. The predicted octanol–water partition coefficient (Wildman–Crippen LogP) is 2.58. The van der Waals surface area contributed by atoms with Crippen LogP contribution in [-0.4, -0.2) is 56.6 Å². The lowest BCUT2D eigenvalue weighted by atomic mass is 9.87. The van der Waals surface area contributed by atoms with Gasteiger partial charge in [0.2, 0.25) is 10.0 Å². The summed E-state index contributed by atoms with van der Waals surface area (Å²) in [5.74, 6) is -0.652. The molecule has 150 valence electrons. The number of Topliss-reactive ketones (excluding diaryl/α,β-unsaturated/α-hetero) is 1. The molecule has 1 saturated heterocycles. The van der Waals surface area contributed by atoms with Crippen molar-refractivity contribution in [3.63, 3.8) is 0 Å². The first-order valence-electron chi connectivity index (χ1n) is 9.04. The number of halogens is 1. The lowest BCUT2D eigenvalue weighted by Crippen LogP contribution is -2.47. The van der Waals surface area contributed by atoms with Gasteiger partial charge in [0, 0.05) is 36.9 Å². The number of benzene rings is 2. The average molecular weight is 422 g/mol. The highest BCUT2D eigenvalue weighted by atomic mass is 35.5. The number of rotatable bonds is 5. The molecular weight excluding hydrogens is 398 g/mol. The molecule has 28 heavy (non-hydrogen) atoms. The zero-order valence-corrected chi connectivity index (χ0v) is 17.5. The van der Waals surface area contributed by atoms with E-state index < -0.39 is 15.9 Å². The van der Waals surface area contributed by atoms with Crippen molar-refractivity contribution >= 4 is 33.1 Å². The number of nitrogens with two attached hydrogens (primary N) is 1. The largest absolute Gasteiger partial charge is 0.398 e. The van der Waals surface area contributed by atoms with Crippen molar-refractivity contribution in [1.82, 2.24) is 9.21 Å². The maximum atomic E-state index is 12.9. The molecule has 0 aliphatic carbocycles. The molecule has 1 aliphatic rings. The van der Waals surface area contributed by atoms with E-state index >= 15 is 0 Å². The van der Waals surface area contributed by atoms with Crippen molar-refractivity contribution in [3.05, 3.63) is 58.6 Å². The Kier molecular flexibility index (Phi) is 6.09. The van der Waals surface area contributed by atoms with Gasteiger partial charge in [-0.2, -0.15) is 4.31 Å². The van der Waals surface area contributed by atoms with Crippen LogP contribution in [0.2, 0.25) is 5.02 Å². The zero-order valence-electron chi connectivity index (χ0n) is 15.9. The van der Waals surface area contributed by atoms with Crippen molar-refractivity contribution < 1.29 is 13.2 Å². The maximum Gasteiger partial charge on any atom is 0.243 e. The van der Waals surface area contributed by atoms with E-state index in [1.807, 2.05) is 7.05 Å². The molecule has 2 aromatic carbocycles. The molecule has 1 heterocycles. The molecule has 8 heteroatoms. The maximum absolute atomic E-state index is 12.9. The third-order valence-corrected chi connectivity index (χ3v) is 7.23. The SMILES string of the molecule is CC(=O)C(c1ccc(S(=O)(=O)N2CCN(C)CC2)cc1)c1ccc(Cl)cc1N. The Morgan fingerprint density at radius 1 is 1.07 bits per heavy atom. The van der Waals surface area contributed by atoms with Crippen LogP contribution in [0.3, 0.4) is 0 Å². The first-order chi connectivity index (χ1) is 13.2. The standard InChI is InChI=1S/C20H24ClN3O3S/c1-14(25)20(18-8-5-16(21)13-19(18)22)15-3-6-17(7-4-15)28(26,27)24-11-9-23(2)10-12-24/h3-8,13,20H,9-12,22H2,1-2H3. The highest BCUT2D eigenvalue weighted by Crippen LogP contribution is 2.32. The Labute approximate surface area is 170 Å². The van der Waals surface area contributed by atoms with Crippen molar-refractivity contribution in [2.24, 2.45) is 0 Å². The summed E-state index contributed by atoms with van der Waals surface area (Å²) in [5.41, 5.74) is 7.85. The van der Waals surface area contributed by atoms with Crippen molar-refractivity contribution in [2.45, 2.75) is 17.7 Å². The number of ketones is 1. The molecule has 0 amide bonds. The van der Waals surface area contributed by atoms with Gasteiger partial charge in [-0.1, -0.05) is 29.8 Å². The molecule has 2 aromatic rings. The van der Waals surface area contributed by atoms with Crippen molar-refractivity contribution in [1.29, 1.82) is 0 Å². The first-order valence-corrected chi connectivity index (χ1v) is 10.9. The Morgan fingerprint density at radius 3 is 2.21 bits per heavy atom. The van der Waals surface area contributed by atoms with Gasteiger partial charge in [-0.15, -0.1) is 0 Å². The van der Waals surface area contributed by atoms with E-state index in [1.54, 1.807) is 42.5 Å². The minimum atomic E-state index is -3.55. The number of carbonyl (C=O) groups is 1. The molecular formula is C20H24ClN3O3S. The number of hydrogen-bond donors (Lipinski definition) is 1. The molecule has 1 atom stereocenters. The topological polar surface area (TPSA) is 83.7 Å². The monoisotopic (exact) mass is 421 g/mol. The smallest absolute Gasteiger partial charge is 0.243 e. The summed E-state index contributed by atoms with van der Waals surface area (Å²) >= 11 is 5.96. The van der Waals surface area contributed by atoms with Gasteiger partial charge in [-0.25, -0.2) is 8.42 Å². The molecule has 1 aliphatic heterocycles. The number of nitrogens with zero attached hydrogens (tertiary/aromatic N) is 2. The van der Waals surface area contributed by atoms with Gasteiger partial charge >= 0.3 is 0 Å². The van der Waals surface area contributed by atoms with Gasteiger partial charge in [0.15, 0.2) is 0 Å². The van der Waals surface area contributed by atoms with Crippen LogP contribution >= 0.6 is 11.6 Å². The second kappa shape index (κ2) is 8.21. The lowest BCUT2D eigenvalue weighted by Gasteiger charge is -2.31. The van der Waals surface area contributed by atoms with E-state index in [0.29, 0.717) is 48.0 Å². The number of sulfonamides is 1. The molecule has 0 saturated carbocycles. The van der Waals surface area contributed by atoms with Gasteiger partial charge in [0.05, 0.1) is 10.8 Å². The lowest BCUT2D eigenvalue weighted by molar-refractivity contribution is -0.117. The zero-order chi connectivity index (χ0) is 20.5. The number of nitrogen functional groups attached to an aromatic ring is 1. The van der Waals surface area contributed by atoms with Crippen molar-refractivity contribution in [2.75, 3.05) is 39.0 Å². The summed E-state index contributed by atoms with van der Waals surface area (Å²) in [4.78, 5) is 14.7. The van der Waals surface area contributed by atoms with Crippen LogP contribution in [-0.2, 0) is 14.8 Å². The Morgan fingerprint density at radius 2 is 1.68 bits per heavy atom. The molecule has 2 N–H and O–H groups in total. The molecule has 3 rings (SSSR count). The van der Waals surface area contributed by atoms with E-state index in [4.69, 9.17) is 17.3 Å². The van der Waals surface area contributed by atoms with E-state index in [2.05, 4.69) is 4.90 Å². The Hall–Kier alpha value is -1.93. The number of piperazine rings is 1. The van der Waals surface area contributed by atoms with Crippen LogP contribution in [0.15, 0.2) is 47.4 Å². The fourth-order valence-electron chi connectivity index (χ4n) is 3.45. The van der Waals surface area contributed by atoms with Crippen LogP contribution in [0.4, 0.5) is 5.69 Å². The number of likely N-dealkylation sites (N-methyl/N-ethyl adjacent to an activating group) is 1. The molecule has 0 bridgehead atoms. The van der Waals surface area contributed by atoms with Crippen LogP contribution in [0.25, 0.3) is 0 Å². The van der Waals surface area contributed by atoms with Crippen LogP contribution in [0.1, 0.15) is 24.0 Å². The minimum absolute atomic E-state index is 0.0799. The van der Waals surface area contributed by atoms with E-state index in [-0.39, 0.29) is 10.7 Å². The summed E-state index contributed by atoms with van der Waals surface area (Å²) in [6, 6.07) is 11.5. The molecule has 0 radical (unpaired) electrons. The summed E-state index contributed by atoms with van der Waals surface area (Å²) in [7, 11) is -1.57. The number of anilines is 1. The van der Waals surface area contributed by atoms with Gasteiger partial charge in [-0.3, -0.25) is 4.79 Å². The Bertz CT molecular complexity index is 969. The summed E-state index contributed by atoms with van der Waals surface area (Å²) < 4.78 is 27.3. The predicted molar refractivity (Wildman–Crippen MR) is 111 cm³/mol. The fourth-order valence-corrected chi connectivity index (χ4v) is 5.05. The quantitative estimate of drug-likeness (QED) is 0.750. The number of carbonyl (C=O) groups excluding carboxylic acids is 1. The first kappa shape index (κ1) is 20.8. The van der Waals surface area contributed by atoms with Crippen LogP contribution in [0.5, 0.6) is 0 Å². The average Bonchev–Trinajstić information content (AvgIpc) is 2.64. The third-order valence-electron chi connectivity index (χ3n) is 5.08. The van der Waals surface area contributed by atoms with E-state index in [1.165, 1.54) is 11.2 Å². The Balaban J connectivity index is 1.90. The third kappa shape index (κ3) is 4.22. The van der Waals surface area contributed by atoms with Gasteiger partial charge in [0.25, 0.3) is 0 Å². The molecule has 1 unspecified atom stereocenters.